The third-order valence-electron chi connectivity index (χ3n) is 6.16. The highest BCUT2D eigenvalue weighted by Gasteiger charge is 2.34. The normalized spacial score (nSPS) is 11.7. The maximum Gasteiger partial charge on any atom is 0.134 e. The average Bonchev–Trinajstić information content (AvgIpc) is 3.20. The first-order valence-corrected chi connectivity index (χ1v) is 10.6. The Balaban J connectivity index is 1.67. The molecule has 1 N–H and O–H groups in total. The van der Waals surface area contributed by atoms with Gasteiger partial charge < -0.3 is 14.3 Å². The molecule has 0 amide bonds. The van der Waals surface area contributed by atoms with Gasteiger partial charge in [0, 0.05) is 5.39 Å². The van der Waals surface area contributed by atoms with Crippen molar-refractivity contribution in [3.63, 3.8) is 0 Å². The van der Waals surface area contributed by atoms with Crippen molar-refractivity contribution < 1.29 is 14.3 Å². The lowest BCUT2D eigenvalue weighted by Gasteiger charge is -2.30. The zero-order valence-electron chi connectivity index (χ0n) is 17.8. The summed E-state index contributed by atoms with van der Waals surface area (Å²) in [4.78, 5) is 0. The average molecular weight is 401 g/mol. The maximum absolute atomic E-state index is 9.97. The van der Waals surface area contributed by atoms with Crippen molar-refractivity contribution in [2.45, 2.75) is 45.6 Å². The summed E-state index contributed by atoms with van der Waals surface area (Å²) in [5, 5.41) is 11.0. The Morgan fingerprint density at radius 1 is 0.900 bits per heavy atom. The van der Waals surface area contributed by atoms with Crippen molar-refractivity contribution in [1.82, 2.24) is 0 Å². The van der Waals surface area contributed by atoms with Gasteiger partial charge in [-0.3, -0.25) is 0 Å². The van der Waals surface area contributed by atoms with Crippen molar-refractivity contribution >= 4 is 11.0 Å². The molecule has 0 fully saturated rings. The fourth-order valence-electron chi connectivity index (χ4n) is 4.19. The summed E-state index contributed by atoms with van der Waals surface area (Å²) < 4.78 is 12.3. The lowest BCUT2D eigenvalue weighted by molar-refractivity contribution is 0.306. The van der Waals surface area contributed by atoms with E-state index in [0.29, 0.717) is 12.4 Å². The minimum absolute atomic E-state index is 0.234. The number of fused-ring (bicyclic) bond motifs is 1. The molecule has 1 aromatic heterocycles. The van der Waals surface area contributed by atoms with E-state index < -0.39 is 0 Å². The van der Waals surface area contributed by atoms with Gasteiger partial charge in [0.25, 0.3) is 0 Å². The Bertz CT molecular complexity index is 1140. The zero-order chi connectivity index (χ0) is 21.1. The number of ether oxygens (including phenoxy) is 1. The Kier molecular flexibility index (Phi) is 5.54. The summed E-state index contributed by atoms with van der Waals surface area (Å²) in [6, 6.07) is 24.2. The molecule has 154 valence electrons. The number of phenolic OH excluding ortho intramolecular Hbond substituents is 1. The van der Waals surface area contributed by atoms with Crippen molar-refractivity contribution in [3.05, 3.63) is 95.2 Å². The first-order chi connectivity index (χ1) is 14.6. The molecule has 0 aliphatic heterocycles. The van der Waals surface area contributed by atoms with E-state index in [-0.39, 0.29) is 5.41 Å². The molecular weight excluding hydrogens is 372 g/mol. The highest BCUT2D eigenvalue weighted by atomic mass is 16.5. The third kappa shape index (κ3) is 3.68. The third-order valence-corrected chi connectivity index (χ3v) is 6.16. The SMILES string of the molecule is CCC(CC)(c1ccc(O)c(C)c1)c1cc2cc(OCc3ccccc3)ccc2o1. The second-order valence-electron chi connectivity index (χ2n) is 7.88. The Labute approximate surface area is 177 Å². The lowest BCUT2D eigenvalue weighted by atomic mass is 9.73. The molecule has 0 aliphatic carbocycles. The molecule has 0 bridgehead atoms. The van der Waals surface area contributed by atoms with E-state index in [0.717, 1.165) is 46.4 Å². The molecule has 4 rings (SSSR count). The second-order valence-corrected chi connectivity index (χ2v) is 7.88. The van der Waals surface area contributed by atoms with Crippen LogP contribution in [0.4, 0.5) is 0 Å². The Hall–Kier alpha value is -3.20. The number of furan rings is 1. The molecule has 3 aromatic carbocycles. The van der Waals surface area contributed by atoms with Gasteiger partial charge in [-0.2, -0.15) is 0 Å². The molecule has 4 aromatic rings. The van der Waals surface area contributed by atoms with Crippen LogP contribution in [0.5, 0.6) is 11.5 Å². The first kappa shape index (κ1) is 20.1. The van der Waals surface area contributed by atoms with Gasteiger partial charge in [-0.15, -0.1) is 0 Å². The summed E-state index contributed by atoms with van der Waals surface area (Å²) in [5.41, 5.74) is 3.82. The number of hydrogen-bond acceptors (Lipinski definition) is 3. The molecule has 0 aliphatic rings. The molecule has 3 heteroatoms. The molecular formula is C27H28O3. The van der Waals surface area contributed by atoms with E-state index in [9.17, 15) is 5.11 Å². The topological polar surface area (TPSA) is 42.6 Å². The fraction of sp³-hybridized carbons (Fsp3) is 0.259. The number of phenols is 1. The molecule has 0 radical (unpaired) electrons. The van der Waals surface area contributed by atoms with Gasteiger partial charge in [0.2, 0.25) is 0 Å². The summed E-state index contributed by atoms with van der Waals surface area (Å²) in [7, 11) is 0. The Morgan fingerprint density at radius 3 is 2.37 bits per heavy atom. The number of aryl methyl sites for hydroxylation is 1. The predicted octanol–water partition coefficient (Wildman–Crippen LogP) is 7.13. The monoisotopic (exact) mass is 400 g/mol. The molecule has 30 heavy (non-hydrogen) atoms. The fourth-order valence-corrected chi connectivity index (χ4v) is 4.19. The van der Waals surface area contributed by atoms with Crippen molar-refractivity contribution in [2.75, 3.05) is 0 Å². The van der Waals surface area contributed by atoms with Crippen molar-refractivity contribution in [3.8, 4) is 11.5 Å². The van der Waals surface area contributed by atoms with Crippen LogP contribution in [-0.2, 0) is 12.0 Å². The molecule has 3 nitrogen and oxygen atoms in total. The minimum atomic E-state index is -0.234. The van der Waals surface area contributed by atoms with Crippen molar-refractivity contribution in [1.29, 1.82) is 0 Å². The largest absolute Gasteiger partial charge is 0.508 e. The molecule has 0 saturated heterocycles. The van der Waals surface area contributed by atoms with Crippen LogP contribution in [0, 0.1) is 6.92 Å². The van der Waals surface area contributed by atoms with Gasteiger partial charge in [0.15, 0.2) is 0 Å². The van der Waals surface area contributed by atoms with E-state index in [1.54, 1.807) is 6.07 Å². The van der Waals surface area contributed by atoms with Gasteiger partial charge >= 0.3 is 0 Å². The van der Waals surface area contributed by atoms with E-state index >= 15 is 0 Å². The molecule has 0 spiro atoms. The quantitative estimate of drug-likeness (QED) is 0.359. The number of hydrogen-bond donors (Lipinski definition) is 1. The molecule has 0 saturated carbocycles. The van der Waals surface area contributed by atoms with Crippen LogP contribution in [-0.4, -0.2) is 5.11 Å². The van der Waals surface area contributed by atoms with E-state index in [2.05, 4.69) is 38.1 Å². The van der Waals surface area contributed by atoms with E-state index in [4.69, 9.17) is 9.15 Å². The van der Waals surface area contributed by atoms with Crippen LogP contribution in [0.3, 0.4) is 0 Å². The van der Waals surface area contributed by atoms with Gasteiger partial charge in [-0.05, 0) is 66.8 Å². The summed E-state index contributed by atoms with van der Waals surface area (Å²) in [6.07, 6.45) is 1.82. The van der Waals surface area contributed by atoms with E-state index in [1.165, 1.54) is 5.56 Å². The predicted molar refractivity (Wildman–Crippen MR) is 121 cm³/mol. The molecule has 0 unspecified atom stereocenters. The second kappa shape index (κ2) is 8.27. The zero-order valence-corrected chi connectivity index (χ0v) is 17.8. The smallest absolute Gasteiger partial charge is 0.134 e. The molecule has 1 heterocycles. The van der Waals surface area contributed by atoms with Crippen molar-refractivity contribution in [2.24, 2.45) is 0 Å². The standard InChI is InChI=1S/C27H28O3/c1-4-27(5-2,22-11-13-24(28)19(3)15-22)26-17-21-16-23(12-14-25(21)30-26)29-18-20-9-7-6-8-10-20/h6-17,28H,4-5,18H2,1-3H3. The minimum Gasteiger partial charge on any atom is -0.508 e. The number of benzene rings is 3. The number of aromatic hydroxyl groups is 1. The molecule has 0 atom stereocenters. The maximum atomic E-state index is 9.97. The van der Waals surface area contributed by atoms with Crippen LogP contribution >= 0.6 is 0 Å². The highest BCUT2D eigenvalue weighted by Crippen LogP contribution is 2.42. The van der Waals surface area contributed by atoms with Gasteiger partial charge in [-0.1, -0.05) is 56.3 Å². The lowest BCUT2D eigenvalue weighted by Crippen LogP contribution is -2.25. The van der Waals surface area contributed by atoms with Gasteiger partial charge in [0.05, 0.1) is 5.41 Å². The van der Waals surface area contributed by atoms with Gasteiger partial charge in [-0.25, -0.2) is 0 Å². The highest BCUT2D eigenvalue weighted by molar-refractivity contribution is 5.80. The van der Waals surface area contributed by atoms with Crippen LogP contribution < -0.4 is 4.74 Å². The van der Waals surface area contributed by atoms with Crippen LogP contribution in [0.1, 0.15) is 49.1 Å². The van der Waals surface area contributed by atoms with Crippen LogP contribution in [0.15, 0.2) is 77.2 Å². The van der Waals surface area contributed by atoms with E-state index in [1.807, 2.05) is 49.4 Å². The Morgan fingerprint density at radius 2 is 1.67 bits per heavy atom. The van der Waals surface area contributed by atoms with Crippen LogP contribution in [0.2, 0.25) is 0 Å². The summed E-state index contributed by atoms with van der Waals surface area (Å²) in [6.45, 7) is 6.85. The van der Waals surface area contributed by atoms with Gasteiger partial charge in [0.1, 0.15) is 29.4 Å². The summed E-state index contributed by atoms with van der Waals surface area (Å²) in [5.74, 6) is 2.11. The number of rotatable bonds is 7. The van der Waals surface area contributed by atoms with Crippen LogP contribution in [0.25, 0.3) is 11.0 Å². The summed E-state index contributed by atoms with van der Waals surface area (Å²) >= 11 is 0. The first-order valence-electron chi connectivity index (χ1n) is 10.6.